The molecule has 2 aromatic rings. The highest BCUT2D eigenvalue weighted by atomic mass is 16.6. The van der Waals surface area contributed by atoms with Crippen molar-refractivity contribution in [2.45, 2.75) is 158 Å². The number of piperidine rings is 2. The Morgan fingerprint density at radius 2 is 1.07 bits per heavy atom. The van der Waals surface area contributed by atoms with E-state index in [0.29, 0.717) is 50.1 Å². The molecule has 0 saturated carbocycles. The number of amides is 2. The van der Waals surface area contributed by atoms with E-state index in [9.17, 15) is 9.59 Å². The van der Waals surface area contributed by atoms with Crippen molar-refractivity contribution < 1.29 is 38.0 Å². The molecule has 2 aromatic carbocycles. The molecule has 0 radical (unpaired) electrons. The van der Waals surface area contributed by atoms with Gasteiger partial charge in [-0.15, -0.1) is 0 Å². The van der Waals surface area contributed by atoms with Crippen molar-refractivity contribution in [3.63, 3.8) is 0 Å². The molecule has 68 heavy (non-hydrogen) atoms. The highest BCUT2D eigenvalue weighted by Gasteiger charge is 2.54. The fourth-order valence-corrected chi connectivity index (χ4v) is 12.3. The van der Waals surface area contributed by atoms with Crippen LogP contribution < -0.4 is 0 Å². The molecule has 8 aliphatic heterocycles. The summed E-state index contributed by atoms with van der Waals surface area (Å²) in [5.74, 6) is 2.05. The van der Waals surface area contributed by atoms with Crippen LogP contribution in [0.15, 0.2) is 54.1 Å². The highest BCUT2D eigenvalue weighted by molar-refractivity contribution is 5.70. The Morgan fingerprint density at radius 1 is 0.618 bits per heavy atom. The standard InChI is InChI=1S/C28H42N2O4.C28H40N2O4/c2*1-27(2,3)34-26(31)30-19-28(20-30)17-24(18-33-28)29-12-8-22(9-13-29)25-7-5-4-6-23(25)16-21-10-14-32-15-11-21/h4-7,21-22,24H,8-20H2,1-3H3;4-7,16,22,24H,8-15,17-20H2,1-3H3/t2*24-/m00/s1. The number of ether oxygens (including phenoxy) is 6. The Balaban J connectivity index is 0.000000170. The Bertz CT molecular complexity index is 2040. The van der Waals surface area contributed by atoms with Gasteiger partial charge in [0.05, 0.1) is 52.6 Å². The summed E-state index contributed by atoms with van der Waals surface area (Å²) < 4.78 is 34.6. The Hall–Kier alpha value is -3.52. The van der Waals surface area contributed by atoms with Crippen LogP contribution in [0.25, 0.3) is 6.08 Å². The summed E-state index contributed by atoms with van der Waals surface area (Å²) in [4.78, 5) is 33.5. The molecule has 0 unspecified atom stereocenters. The summed E-state index contributed by atoms with van der Waals surface area (Å²) in [6.45, 7) is 23.7. The fraction of sp³-hybridized carbons (Fsp3) is 0.714. The zero-order chi connectivity index (χ0) is 47.5. The maximum Gasteiger partial charge on any atom is 0.410 e. The van der Waals surface area contributed by atoms with E-state index < -0.39 is 11.2 Å². The molecule has 8 fully saturated rings. The van der Waals surface area contributed by atoms with E-state index >= 15 is 0 Å². The number of likely N-dealkylation sites (tertiary alicyclic amines) is 4. The zero-order valence-corrected chi connectivity index (χ0v) is 42.3. The van der Waals surface area contributed by atoms with Gasteiger partial charge < -0.3 is 38.2 Å². The molecular formula is C56H82N4O8. The van der Waals surface area contributed by atoms with Crippen LogP contribution in [0.1, 0.15) is 140 Å². The molecule has 8 heterocycles. The number of benzene rings is 2. The van der Waals surface area contributed by atoms with Crippen LogP contribution in [0.4, 0.5) is 9.59 Å². The van der Waals surface area contributed by atoms with E-state index in [4.69, 9.17) is 28.4 Å². The lowest BCUT2D eigenvalue weighted by molar-refractivity contribution is -0.109. The van der Waals surface area contributed by atoms with E-state index in [1.54, 1.807) is 20.9 Å². The van der Waals surface area contributed by atoms with Crippen LogP contribution in [-0.4, -0.2) is 158 Å². The highest BCUT2D eigenvalue weighted by Crippen LogP contribution is 2.42. The predicted molar refractivity (Wildman–Crippen MR) is 265 cm³/mol. The van der Waals surface area contributed by atoms with E-state index in [0.717, 1.165) is 97.4 Å². The van der Waals surface area contributed by atoms with Crippen LogP contribution in [0, 0.1) is 5.92 Å². The minimum atomic E-state index is -0.455. The van der Waals surface area contributed by atoms with Gasteiger partial charge in [0.1, 0.15) is 22.4 Å². The normalized spacial score (nSPS) is 26.2. The van der Waals surface area contributed by atoms with Gasteiger partial charge in [-0.2, -0.15) is 0 Å². The van der Waals surface area contributed by atoms with Crippen molar-refractivity contribution in [1.29, 1.82) is 0 Å². The average Bonchev–Trinajstić information content (AvgIpc) is 3.96. The first-order valence-electron chi connectivity index (χ1n) is 26.3. The first-order chi connectivity index (χ1) is 32.6. The Morgan fingerprint density at radius 3 is 1.59 bits per heavy atom. The SMILES string of the molecule is CC(C)(C)OC(=O)N1CC2(C[C@H](N3CCC(c4ccccc4C=C4CCOCC4)CC3)CO2)C1.CC(C)(C)OC(=O)N1CC2(C[C@H](N3CCC(c4ccccc4CC4CCOCC4)CC3)CO2)C1. The predicted octanol–water partition coefficient (Wildman–Crippen LogP) is 9.45. The molecular weight excluding hydrogens is 857 g/mol. The summed E-state index contributed by atoms with van der Waals surface area (Å²) in [5, 5.41) is 0. The topological polar surface area (TPSA) is 102 Å². The third kappa shape index (κ3) is 12.3. The van der Waals surface area contributed by atoms with Crippen LogP contribution in [0.3, 0.4) is 0 Å². The number of carbonyl (C=O) groups excluding carboxylic acids is 2. The summed E-state index contributed by atoms with van der Waals surface area (Å²) in [5.41, 5.74) is 6.34. The van der Waals surface area contributed by atoms with Gasteiger partial charge in [-0.1, -0.05) is 60.2 Å². The third-order valence-corrected chi connectivity index (χ3v) is 16.0. The molecule has 12 nitrogen and oxygen atoms in total. The van der Waals surface area contributed by atoms with Crippen molar-refractivity contribution in [3.05, 3.63) is 76.4 Å². The molecule has 374 valence electrons. The fourth-order valence-electron chi connectivity index (χ4n) is 12.3. The maximum atomic E-state index is 12.3. The van der Waals surface area contributed by atoms with Crippen LogP contribution in [0.5, 0.6) is 0 Å². The number of carbonyl (C=O) groups is 2. The van der Waals surface area contributed by atoms with Gasteiger partial charge in [0.15, 0.2) is 0 Å². The van der Waals surface area contributed by atoms with E-state index in [1.807, 2.05) is 41.5 Å². The van der Waals surface area contributed by atoms with Crippen LogP contribution >= 0.6 is 0 Å². The molecule has 12 heteroatoms. The minimum Gasteiger partial charge on any atom is -0.444 e. The second kappa shape index (κ2) is 21.1. The van der Waals surface area contributed by atoms with Crippen molar-refractivity contribution in [2.75, 3.05) is 92.0 Å². The molecule has 8 aliphatic rings. The van der Waals surface area contributed by atoms with Crippen LogP contribution in [0.2, 0.25) is 0 Å². The van der Waals surface area contributed by atoms with Gasteiger partial charge in [-0.3, -0.25) is 9.80 Å². The number of hydrogen-bond acceptors (Lipinski definition) is 10. The first kappa shape index (κ1) is 49.5. The lowest BCUT2D eigenvalue weighted by Gasteiger charge is -2.47. The molecule has 2 amide bonds. The zero-order valence-electron chi connectivity index (χ0n) is 42.3. The van der Waals surface area contributed by atoms with Crippen LogP contribution in [-0.2, 0) is 34.8 Å². The third-order valence-electron chi connectivity index (χ3n) is 16.0. The molecule has 0 aliphatic carbocycles. The minimum absolute atomic E-state index is 0.158. The second-order valence-corrected chi connectivity index (χ2v) is 23.5. The second-order valence-electron chi connectivity index (χ2n) is 23.5. The van der Waals surface area contributed by atoms with Gasteiger partial charge in [-0.25, -0.2) is 9.59 Å². The summed E-state index contributed by atoms with van der Waals surface area (Å²) in [6, 6.07) is 19.1. The summed E-state index contributed by atoms with van der Waals surface area (Å²) >= 11 is 0. The lowest BCUT2D eigenvalue weighted by atomic mass is 9.82. The van der Waals surface area contributed by atoms with Gasteiger partial charge in [0.25, 0.3) is 0 Å². The van der Waals surface area contributed by atoms with Crippen molar-refractivity contribution in [2.24, 2.45) is 5.92 Å². The van der Waals surface area contributed by atoms with Gasteiger partial charge in [-0.05, 0) is 178 Å². The van der Waals surface area contributed by atoms with Crippen molar-refractivity contribution in [3.8, 4) is 0 Å². The molecule has 0 bridgehead atoms. The summed E-state index contributed by atoms with van der Waals surface area (Å²) in [7, 11) is 0. The van der Waals surface area contributed by atoms with Crippen molar-refractivity contribution in [1.82, 2.24) is 19.6 Å². The molecule has 2 spiro atoms. The first-order valence-corrected chi connectivity index (χ1v) is 26.3. The van der Waals surface area contributed by atoms with Crippen molar-refractivity contribution >= 4 is 18.3 Å². The quantitative estimate of drug-likeness (QED) is 0.267. The van der Waals surface area contributed by atoms with E-state index in [-0.39, 0.29) is 23.4 Å². The molecule has 8 saturated heterocycles. The number of rotatable bonds is 7. The Kier molecular flexibility index (Phi) is 15.3. The smallest absolute Gasteiger partial charge is 0.410 e. The van der Waals surface area contributed by atoms with Gasteiger partial charge in [0.2, 0.25) is 0 Å². The van der Waals surface area contributed by atoms with Gasteiger partial charge in [0, 0.05) is 25.3 Å². The summed E-state index contributed by atoms with van der Waals surface area (Å²) in [6.07, 6.45) is 14.6. The van der Waals surface area contributed by atoms with Gasteiger partial charge >= 0.3 is 12.2 Å². The maximum absolute atomic E-state index is 12.3. The monoisotopic (exact) mass is 939 g/mol. The number of nitrogens with zero attached hydrogens (tertiary/aromatic N) is 4. The van der Waals surface area contributed by atoms with E-state index in [2.05, 4.69) is 64.4 Å². The lowest BCUT2D eigenvalue weighted by Crippen LogP contribution is -2.64. The molecule has 10 rings (SSSR count). The Labute approximate surface area is 407 Å². The van der Waals surface area contributed by atoms with E-state index in [1.165, 1.54) is 61.6 Å². The number of hydrogen-bond donors (Lipinski definition) is 0. The molecule has 2 atom stereocenters. The molecule has 0 N–H and O–H groups in total. The largest absolute Gasteiger partial charge is 0.444 e. The average molecular weight is 939 g/mol. The molecule has 0 aromatic heterocycles.